The van der Waals surface area contributed by atoms with Crippen LogP contribution >= 0.6 is 0 Å². The largest absolute Gasteiger partial charge is 0.369 e. The number of para-hydroxylation sites is 1. The first kappa shape index (κ1) is 19.7. The van der Waals surface area contributed by atoms with E-state index in [1.807, 2.05) is 38.5 Å². The van der Waals surface area contributed by atoms with Gasteiger partial charge in [0.25, 0.3) is 0 Å². The second-order valence-corrected chi connectivity index (χ2v) is 8.09. The van der Waals surface area contributed by atoms with Crippen molar-refractivity contribution in [2.75, 3.05) is 38.7 Å². The van der Waals surface area contributed by atoms with Crippen LogP contribution in [0.2, 0.25) is 0 Å². The zero-order valence-electron chi connectivity index (χ0n) is 17.8. The lowest BCUT2D eigenvalue weighted by Gasteiger charge is -2.33. The summed E-state index contributed by atoms with van der Waals surface area (Å²) < 4.78 is 6.06. The van der Waals surface area contributed by atoms with Crippen LogP contribution < -0.4 is 4.90 Å². The second-order valence-electron chi connectivity index (χ2n) is 8.09. The number of nitrogens with zero attached hydrogens (tertiary/aromatic N) is 5. The summed E-state index contributed by atoms with van der Waals surface area (Å²) in [5.41, 5.74) is 5.19. The molecule has 1 aliphatic heterocycles. The maximum atomic E-state index is 6.06. The molecular weight excluding hydrogens is 388 g/mol. The molecule has 1 atom stereocenters. The summed E-state index contributed by atoms with van der Waals surface area (Å²) >= 11 is 0. The van der Waals surface area contributed by atoms with Crippen LogP contribution in [0.3, 0.4) is 0 Å². The van der Waals surface area contributed by atoms with Crippen LogP contribution in [0.4, 0.5) is 5.82 Å². The normalized spacial score (nSPS) is 17.2. The average Bonchev–Trinajstić information content (AvgIpc) is 3.34. The number of pyridine rings is 2. The quantitative estimate of drug-likeness (QED) is 0.537. The van der Waals surface area contributed by atoms with Gasteiger partial charge in [0.2, 0.25) is 0 Å². The van der Waals surface area contributed by atoms with Gasteiger partial charge in [-0.15, -0.1) is 0 Å². The predicted molar refractivity (Wildman–Crippen MR) is 122 cm³/mol. The second kappa shape index (κ2) is 8.45. The zero-order chi connectivity index (χ0) is 21.2. The minimum atomic E-state index is -0.0409. The molecule has 1 N–H and O–H groups in total. The summed E-state index contributed by atoms with van der Waals surface area (Å²) in [6, 6.07) is 16.6. The minimum absolute atomic E-state index is 0.0409. The van der Waals surface area contributed by atoms with E-state index < -0.39 is 0 Å². The van der Waals surface area contributed by atoms with Crippen molar-refractivity contribution in [3.8, 4) is 11.3 Å². The lowest BCUT2D eigenvalue weighted by atomic mass is 10.1. The molecule has 1 aliphatic rings. The summed E-state index contributed by atoms with van der Waals surface area (Å²) in [6.45, 7) is 3.21. The van der Waals surface area contributed by atoms with E-state index in [9.17, 15) is 0 Å². The third-order valence-corrected chi connectivity index (χ3v) is 5.68. The summed E-state index contributed by atoms with van der Waals surface area (Å²) in [4.78, 5) is 14.1. The number of hydrogen-bond acceptors (Lipinski definition) is 6. The first-order valence-corrected chi connectivity index (χ1v) is 10.5. The summed E-state index contributed by atoms with van der Waals surface area (Å²) in [7, 11) is 4.10. The molecule has 0 radical (unpaired) electrons. The number of hydrogen-bond donors (Lipinski definition) is 1. The highest BCUT2D eigenvalue weighted by Gasteiger charge is 2.24. The van der Waals surface area contributed by atoms with Gasteiger partial charge in [0.1, 0.15) is 11.9 Å². The lowest BCUT2D eigenvalue weighted by Crippen LogP contribution is -2.38. The molecule has 0 aliphatic carbocycles. The highest BCUT2D eigenvalue weighted by atomic mass is 16.5. The Bertz CT molecular complexity index is 1160. The molecule has 1 fully saturated rings. The Morgan fingerprint density at radius 1 is 1.16 bits per heavy atom. The van der Waals surface area contributed by atoms with E-state index in [1.54, 1.807) is 6.20 Å². The van der Waals surface area contributed by atoms with Crippen molar-refractivity contribution >= 4 is 16.7 Å². The lowest BCUT2D eigenvalue weighted by molar-refractivity contribution is -0.0349. The molecule has 4 aromatic rings. The fraction of sp³-hybridized carbons (Fsp3) is 0.292. The number of nitrogens with one attached hydrogen (secondary N) is 1. The molecule has 0 amide bonds. The number of fused-ring (bicyclic) bond motifs is 1. The van der Waals surface area contributed by atoms with Crippen LogP contribution in [0.1, 0.15) is 17.4 Å². The summed E-state index contributed by atoms with van der Waals surface area (Å²) in [5.74, 6) is 1.02. The SMILES string of the molecule is CN(C)c1nc2ccccc2cc1CN1CCOC(c2ccc(-c3ccn[nH]3)cn2)C1. The van der Waals surface area contributed by atoms with E-state index in [0.29, 0.717) is 6.61 Å². The van der Waals surface area contributed by atoms with Crippen molar-refractivity contribution in [1.82, 2.24) is 25.1 Å². The first-order chi connectivity index (χ1) is 15.2. The third kappa shape index (κ3) is 4.15. The van der Waals surface area contributed by atoms with Crippen molar-refractivity contribution in [3.63, 3.8) is 0 Å². The van der Waals surface area contributed by atoms with Crippen molar-refractivity contribution in [2.45, 2.75) is 12.6 Å². The van der Waals surface area contributed by atoms with E-state index >= 15 is 0 Å². The Morgan fingerprint density at radius 2 is 2.06 bits per heavy atom. The fourth-order valence-electron chi connectivity index (χ4n) is 4.09. The molecule has 5 rings (SSSR count). The predicted octanol–water partition coefficient (Wildman–Crippen LogP) is 3.66. The van der Waals surface area contributed by atoms with E-state index in [-0.39, 0.29) is 6.10 Å². The van der Waals surface area contributed by atoms with E-state index in [0.717, 1.165) is 47.9 Å². The number of rotatable bonds is 5. The van der Waals surface area contributed by atoms with Gasteiger partial charge in [-0.1, -0.05) is 18.2 Å². The van der Waals surface area contributed by atoms with Crippen molar-refractivity contribution < 1.29 is 4.74 Å². The number of aromatic nitrogens is 4. The van der Waals surface area contributed by atoms with Gasteiger partial charge in [0, 0.05) is 62.6 Å². The van der Waals surface area contributed by atoms with Crippen molar-refractivity contribution in [2.24, 2.45) is 0 Å². The molecule has 1 unspecified atom stereocenters. The number of benzene rings is 1. The maximum Gasteiger partial charge on any atom is 0.133 e. The highest BCUT2D eigenvalue weighted by Crippen LogP contribution is 2.27. The van der Waals surface area contributed by atoms with Gasteiger partial charge in [0.15, 0.2) is 0 Å². The Hall–Kier alpha value is -3.29. The fourth-order valence-corrected chi connectivity index (χ4v) is 4.09. The van der Waals surface area contributed by atoms with Gasteiger partial charge in [-0.3, -0.25) is 15.0 Å². The standard InChI is InChI=1S/C24H26N6O/c1-29(2)24-19(13-17-5-3-4-6-20(17)27-24)15-30-11-12-31-23(16-30)22-8-7-18(14-25-22)21-9-10-26-28-21/h3-10,13-14,23H,11-12,15-16H2,1-2H3,(H,26,28). The Labute approximate surface area is 181 Å². The molecule has 7 nitrogen and oxygen atoms in total. The molecule has 31 heavy (non-hydrogen) atoms. The van der Waals surface area contributed by atoms with Gasteiger partial charge >= 0.3 is 0 Å². The molecule has 3 aromatic heterocycles. The number of morpholine rings is 1. The maximum absolute atomic E-state index is 6.06. The van der Waals surface area contributed by atoms with Gasteiger partial charge in [-0.2, -0.15) is 5.10 Å². The third-order valence-electron chi connectivity index (χ3n) is 5.68. The molecule has 1 aromatic carbocycles. The number of anilines is 1. The van der Waals surface area contributed by atoms with Crippen LogP contribution in [-0.4, -0.2) is 58.9 Å². The Morgan fingerprint density at radius 3 is 2.84 bits per heavy atom. The summed E-state index contributed by atoms with van der Waals surface area (Å²) in [5, 5.41) is 8.15. The minimum Gasteiger partial charge on any atom is -0.369 e. The van der Waals surface area contributed by atoms with Crippen LogP contribution in [0.5, 0.6) is 0 Å². The molecule has 0 bridgehead atoms. The number of aromatic amines is 1. The number of H-pyrrole nitrogens is 1. The average molecular weight is 415 g/mol. The smallest absolute Gasteiger partial charge is 0.133 e. The molecule has 7 heteroatoms. The number of ether oxygens (including phenoxy) is 1. The van der Waals surface area contributed by atoms with Crippen LogP contribution in [0.25, 0.3) is 22.2 Å². The van der Waals surface area contributed by atoms with Gasteiger partial charge < -0.3 is 9.64 Å². The molecule has 4 heterocycles. The molecule has 158 valence electrons. The Balaban J connectivity index is 1.34. The first-order valence-electron chi connectivity index (χ1n) is 10.5. The molecule has 0 saturated carbocycles. The van der Waals surface area contributed by atoms with Crippen LogP contribution in [-0.2, 0) is 11.3 Å². The van der Waals surface area contributed by atoms with Gasteiger partial charge in [0.05, 0.1) is 23.5 Å². The van der Waals surface area contributed by atoms with Crippen LogP contribution in [0, 0.1) is 0 Å². The van der Waals surface area contributed by atoms with E-state index in [1.165, 1.54) is 10.9 Å². The Kier molecular flexibility index (Phi) is 5.36. The topological polar surface area (TPSA) is 70.2 Å². The van der Waals surface area contributed by atoms with Gasteiger partial charge in [-0.05, 0) is 30.3 Å². The molecule has 1 saturated heterocycles. The van der Waals surface area contributed by atoms with Crippen LogP contribution in [0.15, 0.2) is 60.9 Å². The molecular formula is C24H26N6O. The van der Waals surface area contributed by atoms with E-state index in [2.05, 4.69) is 55.3 Å². The highest BCUT2D eigenvalue weighted by molar-refractivity contribution is 5.81. The zero-order valence-corrected chi connectivity index (χ0v) is 17.8. The van der Waals surface area contributed by atoms with Crippen molar-refractivity contribution in [3.05, 3.63) is 72.2 Å². The van der Waals surface area contributed by atoms with Crippen molar-refractivity contribution in [1.29, 1.82) is 0 Å². The van der Waals surface area contributed by atoms with E-state index in [4.69, 9.17) is 9.72 Å². The molecule has 0 spiro atoms. The van der Waals surface area contributed by atoms with Gasteiger partial charge in [-0.25, -0.2) is 4.98 Å². The monoisotopic (exact) mass is 414 g/mol. The summed E-state index contributed by atoms with van der Waals surface area (Å²) in [6.07, 6.45) is 3.58.